The molecule has 0 aliphatic carbocycles. The van der Waals surface area contributed by atoms with Crippen molar-refractivity contribution >= 4 is 11.9 Å². The number of hydrogen-bond acceptors (Lipinski definition) is 2. The standard InChI is InChI=1S/C19H22N2O3/c22-18(21-12-4-8-16(14-21)19(23)24)17-9-5-11-20(17)13-10-15-6-2-1-3-7-15/h1-3,5-7,9,11,16H,4,8,10,12-14H2,(H,23,24). The summed E-state index contributed by atoms with van der Waals surface area (Å²) < 4.78 is 1.96. The van der Waals surface area contributed by atoms with Crippen molar-refractivity contribution in [1.29, 1.82) is 0 Å². The van der Waals surface area contributed by atoms with Crippen LogP contribution in [0.15, 0.2) is 48.7 Å². The van der Waals surface area contributed by atoms with Crippen molar-refractivity contribution in [2.24, 2.45) is 5.92 Å². The van der Waals surface area contributed by atoms with Crippen LogP contribution in [0.25, 0.3) is 0 Å². The van der Waals surface area contributed by atoms with Crippen LogP contribution in [0.4, 0.5) is 0 Å². The average Bonchev–Trinajstić information content (AvgIpc) is 3.09. The zero-order valence-electron chi connectivity index (χ0n) is 13.6. The van der Waals surface area contributed by atoms with Gasteiger partial charge in [-0.05, 0) is 37.0 Å². The number of likely N-dealkylation sites (tertiary alicyclic amines) is 1. The fourth-order valence-corrected chi connectivity index (χ4v) is 3.22. The first-order valence-electron chi connectivity index (χ1n) is 8.36. The van der Waals surface area contributed by atoms with Gasteiger partial charge in [-0.3, -0.25) is 9.59 Å². The molecule has 1 N–H and O–H groups in total. The van der Waals surface area contributed by atoms with Gasteiger partial charge in [0.2, 0.25) is 0 Å². The van der Waals surface area contributed by atoms with Crippen molar-refractivity contribution < 1.29 is 14.7 Å². The Labute approximate surface area is 141 Å². The molecule has 1 saturated heterocycles. The Hall–Kier alpha value is -2.56. The van der Waals surface area contributed by atoms with Crippen molar-refractivity contribution in [2.45, 2.75) is 25.8 Å². The number of hydrogen-bond donors (Lipinski definition) is 1. The van der Waals surface area contributed by atoms with Crippen LogP contribution in [0.5, 0.6) is 0 Å². The Morgan fingerprint density at radius 1 is 1.12 bits per heavy atom. The fraction of sp³-hybridized carbons (Fsp3) is 0.368. The molecule has 1 aromatic heterocycles. The first-order chi connectivity index (χ1) is 11.6. The second-order valence-electron chi connectivity index (χ2n) is 6.25. The van der Waals surface area contributed by atoms with Gasteiger partial charge in [-0.25, -0.2) is 0 Å². The molecule has 1 aliphatic heterocycles. The van der Waals surface area contributed by atoms with Crippen LogP contribution in [0.1, 0.15) is 28.9 Å². The molecule has 0 bridgehead atoms. The van der Waals surface area contributed by atoms with Gasteiger partial charge in [-0.15, -0.1) is 0 Å². The zero-order valence-corrected chi connectivity index (χ0v) is 13.6. The van der Waals surface area contributed by atoms with Crippen molar-refractivity contribution in [1.82, 2.24) is 9.47 Å². The lowest BCUT2D eigenvalue weighted by Crippen LogP contribution is -2.43. The molecule has 0 radical (unpaired) electrons. The highest BCUT2D eigenvalue weighted by Crippen LogP contribution is 2.19. The molecule has 5 heteroatoms. The lowest BCUT2D eigenvalue weighted by molar-refractivity contribution is -0.143. The van der Waals surface area contributed by atoms with Crippen LogP contribution >= 0.6 is 0 Å². The van der Waals surface area contributed by atoms with Crippen molar-refractivity contribution in [2.75, 3.05) is 13.1 Å². The van der Waals surface area contributed by atoms with Crippen LogP contribution in [0.2, 0.25) is 0 Å². The van der Waals surface area contributed by atoms with E-state index in [9.17, 15) is 14.7 Å². The molecule has 126 valence electrons. The van der Waals surface area contributed by atoms with Gasteiger partial charge >= 0.3 is 5.97 Å². The number of aryl methyl sites for hydroxylation is 2. The van der Waals surface area contributed by atoms with Gasteiger partial charge in [0.1, 0.15) is 5.69 Å². The summed E-state index contributed by atoms with van der Waals surface area (Å²) in [5, 5.41) is 9.19. The molecule has 1 atom stereocenters. The Morgan fingerprint density at radius 2 is 1.92 bits per heavy atom. The van der Waals surface area contributed by atoms with E-state index in [1.807, 2.05) is 41.1 Å². The summed E-state index contributed by atoms with van der Waals surface area (Å²) in [7, 11) is 0. The number of aliphatic carboxylic acids is 1. The number of amides is 1. The van der Waals surface area contributed by atoms with Crippen LogP contribution in [-0.4, -0.2) is 39.5 Å². The molecule has 1 amide bonds. The van der Waals surface area contributed by atoms with Crippen molar-refractivity contribution in [3.05, 3.63) is 59.9 Å². The summed E-state index contributed by atoms with van der Waals surface area (Å²) in [6.07, 6.45) is 4.16. The van der Waals surface area contributed by atoms with Crippen LogP contribution in [-0.2, 0) is 17.8 Å². The molecule has 2 aromatic rings. The summed E-state index contributed by atoms with van der Waals surface area (Å²) in [5.74, 6) is -1.33. The van der Waals surface area contributed by atoms with E-state index in [1.54, 1.807) is 4.90 Å². The second-order valence-corrected chi connectivity index (χ2v) is 6.25. The van der Waals surface area contributed by atoms with Gasteiger partial charge in [-0.2, -0.15) is 0 Å². The SMILES string of the molecule is O=C(O)C1CCCN(C(=O)c2cccn2CCc2ccccc2)C1. The summed E-state index contributed by atoms with van der Waals surface area (Å²) in [6, 6.07) is 13.9. The minimum Gasteiger partial charge on any atom is -0.481 e. The number of nitrogens with zero attached hydrogens (tertiary/aromatic N) is 2. The monoisotopic (exact) mass is 326 g/mol. The largest absolute Gasteiger partial charge is 0.481 e. The number of piperidine rings is 1. The number of benzene rings is 1. The normalized spacial score (nSPS) is 17.7. The van der Waals surface area contributed by atoms with Gasteiger partial charge in [0.25, 0.3) is 5.91 Å². The van der Waals surface area contributed by atoms with E-state index in [4.69, 9.17) is 0 Å². The Kier molecular flexibility index (Phi) is 4.99. The molecule has 1 aliphatic rings. The maximum Gasteiger partial charge on any atom is 0.308 e. The predicted octanol–water partition coefficient (Wildman–Crippen LogP) is 2.67. The molecular formula is C19H22N2O3. The van der Waals surface area contributed by atoms with Gasteiger partial charge in [0, 0.05) is 25.8 Å². The minimum atomic E-state index is -0.813. The van der Waals surface area contributed by atoms with Gasteiger partial charge in [0.15, 0.2) is 0 Å². The van der Waals surface area contributed by atoms with E-state index >= 15 is 0 Å². The highest BCUT2D eigenvalue weighted by atomic mass is 16.4. The van der Waals surface area contributed by atoms with E-state index in [-0.39, 0.29) is 5.91 Å². The maximum absolute atomic E-state index is 12.8. The van der Waals surface area contributed by atoms with E-state index in [0.717, 1.165) is 19.4 Å². The molecule has 0 saturated carbocycles. The summed E-state index contributed by atoms with van der Waals surface area (Å²) >= 11 is 0. The maximum atomic E-state index is 12.8. The predicted molar refractivity (Wildman–Crippen MR) is 90.8 cm³/mol. The molecule has 0 spiro atoms. The third kappa shape index (κ3) is 3.67. The zero-order chi connectivity index (χ0) is 16.9. The lowest BCUT2D eigenvalue weighted by Gasteiger charge is -2.31. The van der Waals surface area contributed by atoms with Crippen LogP contribution in [0.3, 0.4) is 0 Å². The molecule has 24 heavy (non-hydrogen) atoms. The number of aromatic nitrogens is 1. The number of carboxylic acids is 1. The number of carbonyl (C=O) groups is 2. The van der Waals surface area contributed by atoms with Crippen LogP contribution < -0.4 is 0 Å². The van der Waals surface area contributed by atoms with E-state index in [0.29, 0.717) is 25.2 Å². The third-order valence-electron chi connectivity index (χ3n) is 4.59. The second kappa shape index (κ2) is 7.34. The highest BCUT2D eigenvalue weighted by Gasteiger charge is 2.29. The van der Waals surface area contributed by atoms with Gasteiger partial charge in [0.05, 0.1) is 5.92 Å². The molecule has 1 aromatic carbocycles. The minimum absolute atomic E-state index is 0.0704. The summed E-state index contributed by atoms with van der Waals surface area (Å²) in [6.45, 7) is 1.67. The Morgan fingerprint density at radius 3 is 2.67 bits per heavy atom. The highest BCUT2D eigenvalue weighted by molar-refractivity contribution is 5.93. The molecule has 3 rings (SSSR count). The van der Waals surface area contributed by atoms with Gasteiger partial charge < -0.3 is 14.6 Å². The molecular weight excluding hydrogens is 304 g/mol. The van der Waals surface area contributed by atoms with E-state index in [1.165, 1.54) is 5.56 Å². The first-order valence-corrected chi connectivity index (χ1v) is 8.36. The molecule has 1 unspecified atom stereocenters. The van der Waals surface area contributed by atoms with Gasteiger partial charge in [-0.1, -0.05) is 30.3 Å². The average molecular weight is 326 g/mol. The number of carboxylic acid groups (broad SMARTS) is 1. The third-order valence-corrected chi connectivity index (χ3v) is 4.59. The molecule has 5 nitrogen and oxygen atoms in total. The first kappa shape index (κ1) is 16.3. The topological polar surface area (TPSA) is 62.5 Å². The quantitative estimate of drug-likeness (QED) is 0.919. The summed E-state index contributed by atoms with van der Waals surface area (Å²) in [5.41, 5.74) is 1.87. The fourth-order valence-electron chi connectivity index (χ4n) is 3.22. The van der Waals surface area contributed by atoms with E-state index < -0.39 is 11.9 Å². The van der Waals surface area contributed by atoms with Crippen LogP contribution in [0, 0.1) is 5.92 Å². The Bertz CT molecular complexity index is 708. The number of rotatable bonds is 5. The molecule has 1 fully saturated rings. The lowest BCUT2D eigenvalue weighted by atomic mass is 9.98. The van der Waals surface area contributed by atoms with Crippen molar-refractivity contribution in [3.63, 3.8) is 0 Å². The molecule has 2 heterocycles. The van der Waals surface area contributed by atoms with E-state index in [2.05, 4.69) is 12.1 Å². The Balaban J connectivity index is 1.67. The smallest absolute Gasteiger partial charge is 0.308 e. The number of carbonyl (C=O) groups excluding carboxylic acids is 1. The summed E-state index contributed by atoms with van der Waals surface area (Å²) in [4.78, 5) is 25.6. The van der Waals surface area contributed by atoms with Crippen molar-refractivity contribution in [3.8, 4) is 0 Å².